The van der Waals surface area contributed by atoms with Crippen LogP contribution in [0.3, 0.4) is 0 Å². The predicted molar refractivity (Wildman–Crippen MR) is 76.2 cm³/mol. The van der Waals surface area contributed by atoms with Gasteiger partial charge in [0.05, 0.1) is 11.9 Å². The predicted octanol–water partition coefficient (Wildman–Crippen LogP) is 2.10. The fourth-order valence-corrected chi connectivity index (χ4v) is 1.54. The van der Waals surface area contributed by atoms with Crippen LogP contribution in [0.25, 0.3) is 0 Å². The van der Waals surface area contributed by atoms with Crippen molar-refractivity contribution < 1.29 is 19.5 Å². The third-order valence-electron chi connectivity index (χ3n) is 2.48. The van der Waals surface area contributed by atoms with Crippen molar-refractivity contribution in [3.05, 3.63) is 59.9 Å². The highest BCUT2D eigenvalue weighted by atomic mass is 16.6. The van der Waals surface area contributed by atoms with Gasteiger partial charge in [0.15, 0.2) is 13.2 Å². The fraction of sp³-hybridized carbons (Fsp3) is 0.133. The lowest BCUT2D eigenvalue weighted by molar-refractivity contribution is -0.139. The van der Waals surface area contributed by atoms with E-state index in [-0.39, 0.29) is 6.61 Å². The molecule has 1 aromatic carbocycles. The zero-order valence-corrected chi connectivity index (χ0v) is 11.2. The average Bonchev–Trinajstić information content (AvgIpc) is 2.51. The molecule has 0 saturated carbocycles. The minimum atomic E-state index is -1.03. The largest absolute Gasteiger partial charge is 0.481 e. The van der Waals surface area contributed by atoms with Gasteiger partial charge in [-0.15, -0.1) is 0 Å². The van der Waals surface area contributed by atoms with E-state index in [4.69, 9.17) is 14.7 Å². The Bertz CT molecular complexity index is 614. The SMILES string of the molecule is O=C(O)COc1ccccc1/C=N/OCc1ccccn1. The number of aromatic nitrogens is 1. The van der Waals surface area contributed by atoms with E-state index in [0.29, 0.717) is 11.3 Å². The Balaban J connectivity index is 1.92. The number of hydrogen-bond donors (Lipinski definition) is 1. The highest BCUT2D eigenvalue weighted by Crippen LogP contribution is 2.15. The van der Waals surface area contributed by atoms with E-state index in [1.54, 1.807) is 30.5 Å². The Kier molecular flexibility index (Phi) is 5.28. The summed E-state index contributed by atoms with van der Waals surface area (Å²) in [5.41, 5.74) is 1.41. The number of carbonyl (C=O) groups is 1. The van der Waals surface area contributed by atoms with Crippen LogP contribution >= 0.6 is 0 Å². The number of pyridine rings is 1. The molecule has 0 aliphatic heterocycles. The van der Waals surface area contributed by atoms with Crippen LogP contribution in [0.2, 0.25) is 0 Å². The van der Waals surface area contributed by atoms with Crippen molar-refractivity contribution in [2.45, 2.75) is 6.61 Å². The standard InChI is InChI=1S/C15H14N2O4/c18-15(19)11-20-14-7-2-1-5-12(14)9-17-21-10-13-6-3-4-8-16-13/h1-9H,10-11H2,(H,18,19)/b17-9+. The number of para-hydroxylation sites is 1. The second-order valence-electron chi connectivity index (χ2n) is 4.05. The molecule has 0 amide bonds. The van der Waals surface area contributed by atoms with E-state index >= 15 is 0 Å². The normalized spacial score (nSPS) is 10.5. The van der Waals surface area contributed by atoms with Gasteiger partial charge < -0.3 is 14.7 Å². The molecule has 2 rings (SSSR count). The second kappa shape index (κ2) is 7.64. The summed E-state index contributed by atoms with van der Waals surface area (Å²) < 4.78 is 5.16. The van der Waals surface area contributed by atoms with Gasteiger partial charge in [-0.3, -0.25) is 4.98 Å². The maximum absolute atomic E-state index is 10.5. The molecule has 0 radical (unpaired) electrons. The number of aliphatic carboxylic acids is 1. The molecule has 1 aromatic heterocycles. The second-order valence-corrected chi connectivity index (χ2v) is 4.05. The van der Waals surface area contributed by atoms with Gasteiger partial charge in [0.2, 0.25) is 0 Å². The molecular weight excluding hydrogens is 272 g/mol. The highest BCUT2D eigenvalue weighted by molar-refractivity contribution is 5.83. The van der Waals surface area contributed by atoms with Gasteiger partial charge in [-0.25, -0.2) is 4.79 Å². The summed E-state index contributed by atoms with van der Waals surface area (Å²) in [5, 5.41) is 12.4. The van der Waals surface area contributed by atoms with Crippen molar-refractivity contribution in [1.29, 1.82) is 0 Å². The van der Waals surface area contributed by atoms with Crippen LogP contribution in [0.5, 0.6) is 5.75 Å². The Morgan fingerprint density at radius 3 is 2.81 bits per heavy atom. The number of carboxylic acid groups (broad SMARTS) is 1. The topological polar surface area (TPSA) is 81.0 Å². The lowest BCUT2D eigenvalue weighted by Crippen LogP contribution is -2.10. The maximum Gasteiger partial charge on any atom is 0.341 e. The number of ether oxygens (including phenoxy) is 1. The van der Waals surface area contributed by atoms with E-state index in [1.165, 1.54) is 6.21 Å². The molecule has 108 valence electrons. The fourth-order valence-electron chi connectivity index (χ4n) is 1.54. The van der Waals surface area contributed by atoms with Crippen molar-refractivity contribution >= 4 is 12.2 Å². The molecule has 21 heavy (non-hydrogen) atoms. The van der Waals surface area contributed by atoms with Crippen LogP contribution < -0.4 is 4.74 Å². The third kappa shape index (κ3) is 4.94. The minimum absolute atomic E-state index is 0.259. The first-order valence-electron chi connectivity index (χ1n) is 6.24. The van der Waals surface area contributed by atoms with Gasteiger partial charge in [0, 0.05) is 11.8 Å². The first-order chi connectivity index (χ1) is 10.3. The first-order valence-corrected chi connectivity index (χ1v) is 6.24. The zero-order chi connectivity index (χ0) is 14.9. The van der Waals surface area contributed by atoms with Gasteiger partial charge in [-0.2, -0.15) is 0 Å². The summed E-state index contributed by atoms with van der Waals surface area (Å²) in [6.07, 6.45) is 3.15. The smallest absolute Gasteiger partial charge is 0.341 e. The van der Waals surface area contributed by atoms with E-state index in [1.807, 2.05) is 18.2 Å². The molecule has 6 heteroatoms. The summed E-state index contributed by atoms with van der Waals surface area (Å²) >= 11 is 0. The molecule has 1 N–H and O–H groups in total. The molecule has 0 bridgehead atoms. The molecule has 0 saturated heterocycles. The number of nitrogens with zero attached hydrogens (tertiary/aromatic N) is 2. The molecule has 6 nitrogen and oxygen atoms in total. The molecule has 0 unspecified atom stereocenters. The lowest BCUT2D eigenvalue weighted by atomic mass is 10.2. The van der Waals surface area contributed by atoms with Crippen LogP contribution in [0, 0.1) is 0 Å². The summed E-state index contributed by atoms with van der Waals surface area (Å²) in [6.45, 7) is -0.144. The van der Waals surface area contributed by atoms with E-state index in [9.17, 15) is 4.79 Å². The van der Waals surface area contributed by atoms with E-state index in [2.05, 4.69) is 10.1 Å². The summed E-state index contributed by atoms with van der Waals surface area (Å²) in [7, 11) is 0. The van der Waals surface area contributed by atoms with Gasteiger partial charge in [0.25, 0.3) is 0 Å². The molecule has 0 aliphatic rings. The van der Waals surface area contributed by atoms with Crippen molar-refractivity contribution in [2.75, 3.05) is 6.61 Å². The van der Waals surface area contributed by atoms with Gasteiger partial charge in [0.1, 0.15) is 5.75 Å². The van der Waals surface area contributed by atoms with E-state index < -0.39 is 12.6 Å². The number of oxime groups is 1. The lowest BCUT2D eigenvalue weighted by Gasteiger charge is -2.06. The number of hydrogen-bond acceptors (Lipinski definition) is 5. The summed E-state index contributed by atoms with van der Waals surface area (Å²) in [4.78, 5) is 19.8. The Morgan fingerprint density at radius 1 is 1.24 bits per heavy atom. The Hall–Kier alpha value is -2.89. The van der Waals surface area contributed by atoms with Gasteiger partial charge in [-0.1, -0.05) is 23.4 Å². The van der Waals surface area contributed by atoms with Crippen molar-refractivity contribution in [2.24, 2.45) is 5.16 Å². The minimum Gasteiger partial charge on any atom is -0.481 e. The van der Waals surface area contributed by atoms with Crippen LogP contribution in [0.15, 0.2) is 53.8 Å². The van der Waals surface area contributed by atoms with Crippen LogP contribution in [0.1, 0.15) is 11.3 Å². The van der Waals surface area contributed by atoms with Crippen molar-refractivity contribution in [3.8, 4) is 5.75 Å². The first kappa shape index (κ1) is 14.5. The van der Waals surface area contributed by atoms with Crippen molar-refractivity contribution in [3.63, 3.8) is 0 Å². The van der Waals surface area contributed by atoms with E-state index in [0.717, 1.165) is 5.69 Å². The van der Waals surface area contributed by atoms with Crippen molar-refractivity contribution in [1.82, 2.24) is 4.98 Å². The molecule has 2 aromatic rings. The molecule has 1 heterocycles. The quantitative estimate of drug-likeness (QED) is 0.622. The van der Waals surface area contributed by atoms with Crippen LogP contribution in [0.4, 0.5) is 0 Å². The number of rotatable bonds is 7. The Morgan fingerprint density at radius 2 is 2.05 bits per heavy atom. The van der Waals surface area contributed by atoms with Gasteiger partial charge in [-0.05, 0) is 24.3 Å². The third-order valence-corrected chi connectivity index (χ3v) is 2.48. The number of carboxylic acids is 1. The number of benzene rings is 1. The molecule has 0 spiro atoms. The summed E-state index contributed by atoms with van der Waals surface area (Å²) in [5.74, 6) is -0.599. The zero-order valence-electron chi connectivity index (χ0n) is 11.2. The monoisotopic (exact) mass is 286 g/mol. The Labute approximate surface area is 121 Å². The van der Waals surface area contributed by atoms with Gasteiger partial charge >= 0.3 is 5.97 Å². The van der Waals surface area contributed by atoms with Crippen LogP contribution in [-0.2, 0) is 16.2 Å². The maximum atomic E-state index is 10.5. The van der Waals surface area contributed by atoms with Crippen LogP contribution in [-0.4, -0.2) is 28.9 Å². The molecule has 0 atom stereocenters. The molecule has 0 aliphatic carbocycles. The molecule has 0 fully saturated rings. The molecular formula is C15H14N2O4. The average molecular weight is 286 g/mol. The summed E-state index contributed by atoms with van der Waals surface area (Å²) in [6, 6.07) is 12.5. The highest BCUT2D eigenvalue weighted by Gasteiger charge is 2.03.